The van der Waals surface area contributed by atoms with Crippen LogP contribution in [0.25, 0.3) is 6.08 Å². The summed E-state index contributed by atoms with van der Waals surface area (Å²) in [5, 5.41) is 30.5. The molecule has 5 rings (SSSR count). The summed E-state index contributed by atoms with van der Waals surface area (Å²) in [4.78, 5) is 12.2. The Morgan fingerprint density at radius 1 is 1.19 bits per heavy atom. The Bertz CT molecular complexity index is 1240. The number of aliphatic hydroxyl groups is 1. The highest BCUT2D eigenvalue weighted by Crippen LogP contribution is 2.41. The number of aliphatic hydroxyl groups excluding tert-OH is 1. The minimum atomic E-state index is -1.25. The fourth-order valence-corrected chi connectivity index (χ4v) is 4.35. The largest absolute Gasteiger partial charge is 0.378 e. The van der Waals surface area contributed by atoms with Gasteiger partial charge in [-0.1, -0.05) is 59.2 Å². The standard InChI is InChI=1S/C24H21N5O2S/c30-22(16-6-2-1-3-7-16)23(31)25-24-29-28-21(32-24)9-5-4-8-19-13-18-12-17(15-10-11-15)14-20(18)27-26-19/h1-3,6-7,12-13,15,22,30H,5,9-11,14H2,(H,25,29,31)/t22-/m0/s1. The first-order valence-electron chi connectivity index (χ1n) is 10.6. The molecule has 160 valence electrons. The third-order valence-corrected chi connectivity index (χ3v) is 6.36. The van der Waals surface area contributed by atoms with Crippen molar-refractivity contribution >= 4 is 28.5 Å². The molecule has 2 aliphatic carbocycles. The van der Waals surface area contributed by atoms with Gasteiger partial charge in [-0.25, -0.2) is 0 Å². The van der Waals surface area contributed by atoms with E-state index in [1.165, 1.54) is 29.8 Å². The lowest BCUT2D eigenvalue weighted by atomic mass is 10.1. The average molecular weight is 444 g/mol. The number of anilines is 1. The Hall–Kier alpha value is -3.41. The number of allylic oxidation sites excluding steroid dienone is 1. The topological polar surface area (TPSA) is 101 Å². The molecule has 0 spiro atoms. The molecule has 0 unspecified atom stereocenters. The van der Waals surface area contributed by atoms with Crippen molar-refractivity contribution in [3.63, 3.8) is 0 Å². The van der Waals surface area contributed by atoms with Gasteiger partial charge in [0.15, 0.2) is 6.10 Å². The van der Waals surface area contributed by atoms with Gasteiger partial charge in [0.05, 0.1) is 5.69 Å². The fourth-order valence-electron chi connectivity index (χ4n) is 3.60. The third-order valence-electron chi connectivity index (χ3n) is 5.46. The van der Waals surface area contributed by atoms with E-state index in [-0.39, 0.29) is 0 Å². The van der Waals surface area contributed by atoms with Crippen LogP contribution in [0, 0.1) is 17.8 Å². The average Bonchev–Trinajstić information content (AvgIpc) is 3.43. The van der Waals surface area contributed by atoms with Gasteiger partial charge in [0.25, 0.3) is 5.91 Å². The van der Waals surface area contributed by atoms with Gasteiger partial charge < -0.3 is 5.11 Å². The maximum absolute atomic E-state index is 12.2. The molecule has 2 N–H and O–H groups in total. The van der Waals surface area contributed by atoms with Gasteiger partial charge in [0, 0.05) is 24.8 Å². The van der Waals surface area contributed by atoms with E-state index in [0.29, 0.717) is 29.2 Å². The zero-order valence-electron chi connectivity index (χ0n) is 17.3. The van der Waals surface area contributed by atoms with Crippen molar-refractivity contribution in [2.24, 2.45) is 5.92 Å². The third kappa shape index (κ3) is 4.74. The predicted octanol–water partition coefficient (Wildman–Crippen LogP) is 3.33. The zero-order chi connectivity index (χ0) is 21.9. The lowest BCUT2D eigenvalue weighted by molar-refractivity contribution is -0.124. The highest BCUT2D eigenvalue weighted by Gasteiger charge is 2.29. The molecule has 2 heterocycles. The summed E-state index contributed by atoms with van der Waals surface area (Å²) in [6.45, 7) is 0. The van der Waals surface area contributed by atoms with E-state index in [1.807, 2.05) is 12.1 Å². The minimum absolute atomic E-state index is 0.357. The fraction of sp³-hybridized carbons (Fsp3) is 0.292. The molecule has 1 aromatic carbocycles. The Morgan fingerprint density at radius 2 is 2.03 bits per heavy atom. The minimum Gasteiger partial charge on any atom is -0.378 e. The SMILES string of the molecule is O=C(Nc1nnc(CCC#Cc2cc3c(nn2)CC(C2CC2)=C3)s1)[C@@H](O)c1ccccc1. The van der Waals surface area contributed by atoms with Crippen LogP contribution >= 0.6 is 11.3 Å². The molecule has 0 aliphatic heterocycles. The second kappa shape index (κ2) is 8.99. The van der Waals surface area contributed by atoms with Crippen molar-refractivity contribution in [1.82, 2.24) is 20.4 Å². The predicted molar refractivity (Wildman–Crippen MR) is 122 cm³/mol. The molecule has 1 amide bonds. The maximum Gasteiger partial charge on any atom is 0.259 e. The second-order valence-corrected chi connectivity index (χ2v) is 8.97. The monoisotopic (exact) mass is 443 g/mol. The van der Waals surface area contributed by atoms with Crippen molar-refractivity contribution in [2.75, 3.05) is 5.32 Å². The van der Waals surface area contributed by atoms with E-state index in [2.05, 4.69) is 43.6 Å². The summed E-state index contributed by atoms with van der Waals surface area (Å²) in [6.07, 6.45) is 5.73. The number of hydrogen-bond donors (Lipinski definition) is 2. The molecule has 7 nitrogen and oxygen atoms in total. The molecule has 2 aromatic heterocycles. The number of benzene rings is 1. The van der Waals surface area contributed by atoms with Gasteiger partial charge in [0.2, 0.25) is 5.13 Å². The van der Waals surface area contributed by atoms with E-state index in [0.717, 1.165) is 28.6 Å². The molecule has 0 radical (unpaired) electrons. The molecular weight excluding hydrogens is 422 g/mol. The Labute approximate surface area is 189 Å². The van der Waals surface area contributed by atoms with Crippen LogP contribution in [0.2, 0.25) is 0 Å². The van der Waals surface area contributed by atoms with Crippen LogP contribution in [0.1, 0.15) is 52.9 Å². The van der Waals surface area contributed by atoms with Crippen LogP contribution < -0.4 is 5.32 Å². The molecular formula is C24H21N5O2S. The van der Waals surface area contributed by atoms with Crippen LogP contribution in [0.15, 0.2) is 42.0 Å². The highest BCUT2D eigenvalue weighted by atomic mass is 32.1. The number of amides is 1. The summed E-state index contributed by atoms with van der Waals surface area (Å²) in [6, 6.07) is 10.8. The van der Waals surface area contributed by atoms with Crippen LogP contribution in [-0.2, 0) is 17.6 Å². The lowest BCUT2D eigenvalue weighted by Crippen LogP contribution is -2.20. The zero-order valence-corrected chi connectivity index (χ0v) is 18.1. The van der Waals surface area contributed by atoms with Gasteiger partial charge in [-0.2, -0.15) is 5.10 Å². The second-order valence-electron chi connectivity index (χ2n) is 7.91. The molecule has 8 heteroatoms. The van der Waals surface area contributed by atoms with E-state index in [4.69, 9.17) is 0 Å². The first-order chi connectivity index (χ1) is 15.7. The Morgan fingerprint density at radius 3 is 2.84 bits per heavy atom. The molecule has 0 bridgehead atoms. The molecule has 32 heavy (non-hydrogen) atoms. The highest BCUT2D eigenvalue weighted by molar-refractivity contribution is 7.15. The quantitative estimate of drug-likeness (QED) is 0.567. The number of carbonyl (C=O) groups excluding carboxylic acids is 1. The molecule has 1 atom stereocenters. The van der Waals surface area contributed by atoms with Crippen LogP contribution in [0.5, 0.6) is 0 Å². The smallest absolute Gasteiger partial charge is 0.259 e. The van der Waals surface area contributed by atoms with Gasteiger partial charge in [-0.3, -0.25) is 10.1 Å². The summed E-state index contributed by atoms with van der Waals surface area (Å²) >= 11 is 1.28. The Balaban J connectivity index is 1.14. The number of aryl methyl sites for hydroxylation is 1. The summed E-state index contributed by atoms with van der Waals surface area (Å²) < 4.78 is 0. The molecule has 3 aromatic rings. The number of nitrogens with one attached hydrogen (secondary N) is 1. The van der Waals surface area contributed by atoms with E-state index >= 15 is 0 Å². The van der Waals surface area contributed by atoms with E-state index < -0.39 is 12.0 Å². The first-order valence-corrected chi connectivity index (χ1v) is 11.4. The number of aromatic nitrogens is 4. The number of hydrogen-bond acceptors (Lipinski definition) is 7. The maximum atomic E-state index is 12.2. The summed E-state index contributed by atoms with van der Waals surface area (Å²) in [5.74, 6) is 6.41. The van der Waals surface area contributed by atoms with Gasteiger partial charge in [0.1, 0.15) is 10.7 Å². The number of carbonyl (C=O) groups is 1. The molecule has 1 saturated carbocycles. The van der Waals surface area contributed by atoms with Crippen molar-refractivity contribution in [3.05, 3.63) is 69.5 Å². The molecule has 0 saturated heterocycles. The van der Waals surface area contributed by atoms with Crippen molar-refractivity contribution in [1.29, 1.82) is 0 Å². The first kappa shape index (κ1) is 20.5. The van der Waals surface area contributed by atoms with Gasteiger partial charge in [-0.15, -0.1) is 15.3 Å². The van der Waals surface area contributed by atoms with Crippen molar-refractivity contribution in [3.8, 4) is 11.8 Å². The van der Waals surface area contributed by atoms with E-state index in [9.17, 15) is 9.90 Å². The van der Waals surface area contributed by atoms with Gasteiger partial charge >= 0.3 is 0 Å². The normalized spacial score (nSPS) is 15.3. The van der Waals surface area contributed by atoms with Gasteiger partial charge in [-0.05, 0) is 36.3 Å². The van der Waals surface area contributed by atoms with Crippen LogP contribution in [-0.4, -0.2) is 31.4 Å². The Kier molecular flexibility index (Phi) is 5.75. The summed E-state index contributed by atoms with van der Waals surface area (Å²) in [5.41, 5.74) is 4.89. The van der Waals surface area contributed by atoms with Crippen molar-refractivity contribution in [2.45, 2.75) is 38.2 Å². The number of nitrogens with zero attached hydrogens (tertiary/aromatic N) is 4. The van der Waals surface area contributed by atoms with Crippen LogP contribution in [0.3, 0.4) is 0 Å². The molecule has 2 aliphatic rings. The number of rotatable bonds is 6. The van der Waals surface area contributed by atoms with Crippen LogP contribution in [0.4, 0.5) is 5.13 Å². The number of fused-ring (bicyclic) bond motifs is 1. The van der Waals surface area contributed by atoms with E-state index in [1.54, 1.807) is 24.3 Å². The lowest BCUT2D eigenvalue weighted by Gasteiger charge is -2.09. The molecule has 1 fully saturated rings. The van der Waals surface area contributed by atoms with Crippen molar-refractivity contribution < 1.29 is 9.90 Å². The summed E-state index contributed by atoms with van der Waals surface area (Å²) in [7, 11) is 0.